The number of hydrogen-bond acceptors (Lipinski definition) is 4. The quantitative estimate of drug-likeness (QED) is 0.538. The first kappa shape index (κ1) is 19.2. The van der Waals surface area contributed by atoms with Crippen molar-refractivity contribution in [3.63, 3.8) is 0 Å². The number of anilines is 1. The second-order valence-electron chi connectivity index (χ2n) is 6.57. The van der Waals surface area contributed by atoms with Gasteiger partial charge < -0.3 is 15.5 Å². The summed E-state index contributed by atoms with van der Waals surface area (Å²) in [6.45, 7) is 6.09. The first-order valence-corrected chi connectivity index (χ1v) is 10.6. The fraction of sp³-hybridized carbons (Fsp3) is 0.474. The number of nitrogens with zero attached hydrogens (tertiary/aromatic N) is 3. The lowest BCUT2D eigenvalue weighted by atomic mass is 10.1. The van der Waals surface area contributed by atoms with Gasteiger partial charge in [-0.1, -0.05) is 15.9 Å². The topological polar surface area (TPSA) is 52.6 Å². The minimum atomic E-state index is 0.638. The molecular weight excluding hydrogens is 410 g/mol. The van der Waals surface area contributed by atoms with Gasteiger partial charge in [-0.25, -0.2) is 4.98 Å². The molecule has 1 aromatic heterocycles. The van der Waals surface area contributed by atoms with E-state index in [2.05, 4.69) is 72.6 Å². The van der Waals surface area contributed by atoms with E-state index in [-0.39, 0.29) is 0 Å². The van der Waals surface area contributed by atoms with Gasteiger partial charge in [-0.15, -0.1) is 11.3 Å². The van der Waals surface area contributed by atoms with Crippen LogP contribution >= 0.6 is 27.3 Å². The Kier molecular flexibility index (Phi) is 6.91. The van der Waals surface area contributed by atoms with Crippen LogP contribution in [-0.4, -0.2) is 44.2 Å². The van der Waals surface area contributed by atoms with E-state index < -0.39 is 0 Å². The van der Waals surface area contributed by atoms with Crippen molar-refractivity contribution in [1.82, 2.24) is 15.6 Å². The van der Waals surface area contributed by atoms with Crippen molar-refractivity contribution in [3.8, 4) is 0 Å². The Bertz CT molecular complexity index is 728. The third kappa shape index (κ3) is 5.45. The van der Waals surface area contributed by atoms with E-state index in [1.807, 2.05) is 13.2 Å². The molecule has 0 saturated carbocycles. The third-order valence-corrected chi connectivity index (χ3v) is 6.06. The molecule has 0 spiro atoms. The highest BCUT2D eigenvalue weighted by Gasteiger charge is 2.22. The maximum absolute atomic E-state index is 4.40. The molecule has 0 aliphatic carbocycles. The molecule has 0 bridgehead atoms. The Morgan fingerprint density at radius 1 is 1.35 bits per heavy atom. The first-order chi connectivity index (χ1) is 12.6. The minimum Gasteiger partial charge on any atom is -0.371 e. The Morgan fingerprint density at radius 2 is 2.15 bits per heavy atom. The highest BCUT2D eigenvalue weighted by molar-refractivity contribution is 9.10. The molecule has 1 aromatic carbocycles. The predicted octanol–water partition coefficient (Wildman–Crippen LogP) is 3.45. The zero-order chi connectivity index (χ0) is 18.4. The van der Waals surface area contributed by atoms with Crippen molar-refractivity contribution < 1.29 is 0 Å². The Balaban J connectivity index is 1.39. The second-order valence-corrected chi connectivity index (χ2v) is 8.81. The molecule has 0 radical (unpaired) electrons. The molecule has 7 heteroatoms. The summed E-state index contributed by atoms with van der Waals surface area (Å²) < 4.78 is 1.13. The zero-order valence-corrected chi connectivity index (χ0v) is 17.7. The van der Waals surface area contributed by atoms with Crippen molar-refractivity contribution in [3.05, 3.63) is 44.8 Å². The number of benzene rings is 1. The summed E-state index contributed by atoms with van der Waals surface area (Å²) in [5.41, 5.74) is 1.30. The van der Waals surface area contributed by atoms with Gasteiger partial charge in [0.2, 0.25) is 0 Å². The molecule has 1 unspecified atom stereocenters. The minimum absolute atomic E-state index is 0.638. The molecule has 2 heterocycles. The van der Waals surface area contributed by atoms with Gasteiger partial charge in [0.1, 0.15) is 0 Å². The van der Waals surface area contributed by atoms with Crippen molar-refractivity contribution in [2.24, 2.45) is 10.9 Å². The Hall–Kier alpha value is -1.60. The lowest BCUT2D eigenvalue weighted by Crippen LogP contribution is -2.41. The molecule has 2 N–H and O–H groups in total. The van der Waals surface area contributed by atoms with Crippen molar-refractivity contribution in [2.45, 2.75) is 19.8 Å². The molecule has 140 valence electrons. The lowest BCUT2D eigenvalue weighted by molar-refractivity contribution is 0.566. The average molecular weight is 436 g/mol. The van der Waals surface area contributed by atoms with Crippen LogP contribution in [0.4, 0.5) is 5.69 Å². The van der Waals surface area contributed by atoms with Gasteiger partial charge in [0.25, 0.3) is 0 Å². The van der Waals surface area contributed by atoms with E-state index in [1.165, 1.54) is 22.0 Å². The largest absolute Gasteiger partial charge is 0.371 e. The van der Waals surface area contributed by atoms with Gasteiger partial charge in [-0.05, 0) is 43.5 Å². The Morgan fingerprint density at radius 3 is 2.85 bits per heavy atom. The van der Waals surface area contributed by atoms with E-state index in [9.17, 15) is 0 Å². The number of thiazole rings is 1. The number of nitrogens with one attached hydrogen (secondary N) is 2. The molecule has 1 saturated heterocycles. The summed E-state index contributed by atoms with van der Waals surface area (Å²) in [7, 11) is 1.83. The first-order valence-electron chi connectivity index (χ1n) is 9.00. The zero-order valence-electron chi connectivity index (χ0n) is 15.3. The van der Waals surface area contributed by atoms with Crippen molar-refractivity contribution in [2.75, 3.05) is 38.1 Å². The van der Waals surface area contributed by atoms with Crippen molar-refractivity contribution in [1.29, 1.82) is 0 Å². The van der Waals surface area contributed by atoms with Crippen LogP contribution in [0.3, 0.4) is 0 Å². The predicted molar refractivity (Wildman–Crippen MR) is 114 cm³/mol. The third-order valence-electron chi connectivity index (χ3n) is 4.56. The summed E-state index contributed by atoms with van der Waals surface area (Å²) >= 11 is 5.26. The van der Waals surface area contributed by atoms with Gasteiger partial charge in [0.05, 0.1) is 5.01 Å². The highest BCUT2D eigenvalue weighted by Crippen LogP contribution is 2.24. The van der Waals surface area contributed by atoms with Crippen LogP contribution < -0.4 is 15.5 Å². The number of guanidine groups is 1. The van der Waals surface area contributed by atoms with Gasteiger partial charge in [0, 0.05) is 60.9 Å². The van der Waals surface area contributed by atoms with Gasteiger partial charge >= 0.3 is 0 Å². The number of hydrogen-bond donors (Lipinski definition) is 2. The molecule has 5 nitrogen and oxygen atoms in total. The van der Waals surface area contributed by atoms with Gasteiger partial charge in [-0.3, -0.25) is 4.99 Å². The maximum Gasteiger partial charge on any atom is 0.191 e. The van der Waals surface area contributed by atoms with Crippen LogP contribution in [0.5, 0.6) is 0 Å². The fourth-order valence-electron chi connectivity index (χ4n) is 3.15. The van der Waals surface area contributed by atoms with Gasteiger partial charge in [-0.2, -0.15) is 0 Å². The number of aryl methyl sites for hydroxylation is 1. The highest BCUT2D eigenvalue weighted by atomic mass is 79.9. The van der Waals surface area contributed by atoms with E-state index in [1.54, 1.807) is 11.3 Å². The van der Waals surface area contributed by atoms with Crippen LogP contribution in [0.25, 0.3) is 0 Å². The monoisotopic (exact) mass is 435 g/mol. The standard InChI is InChI=1S/C19H26BrN5S/c1-14-11-23-18(26-14)7-9-22-19(21-2)24-12-15-8-10-25(13-15)17-5-3-16(20)4-6-17/h3-6,11,15H,7-10,12-13H2,1-2H3,(H2,21,22,24). The van der Waals surface area contributed by atoms with E-state index in [0.717, 1.165) is 43.0 Å². The molecule has 0 amide bonds. The lowest BCUT2D eigenvalue weighted by Gasteiger charge is -2.19. The molecular formula is C19H26BrN5S. The number of aromatic nitrogens is 1. The van der Waals surface area contributed by atoms with Crippen LogP contribution in [0.15, 0.2) is 39.9 Å². The van der Waals surface area contributed by atoms with Crippen LogP contribution in [-0.2, 0) is 6.42 Å². The fourth-order valence-corrected chi connectivity index (χ4v) is 4.20. The molecule has 1 aliphatic heterocycles. The number of aliphatic imine (C=N–C) groups is 1. The van der Waals surface area contributed by atoms with Gasteiger partial charge in [0.15, 0.2) is 5.96 Å². The summed E-state index contributed by atoms with van der Waals surface area (Å²) in [6.07, 6.45) is 4.07. The SMILES string of the molecule is CN=C(NCCc1ncc(C)s1)NCC1CCN(c2ccc(Br)cc2)C1. The van der Waals surface area contributed by atoms with Crippen molar-refractivity contribution >= 4 is 38.9 Å². The normalized spacial score (nSPS) is 17.6. The number of halogens is 1. The summed E-state index contributed by atoms with van der Waals surface area (Å²) in [5.74, 6) is 1.51. The number of rotatable bonds is 6. The summed E-state index contributed by atoms with van der Waals surface area (Å²) in [6, 6.07) is 8.58. The second kappa shape index (κ2) is 9.37. The van der Waals surface area contributed by atoms with E-state index in [4.69, 9.17) is 0 Å². The van der Waals surface area contributed by atoms with Crippen LogP contribution in [0.1, 0.15) is 16.3 Å². The molecule has 26 heavy (non-hydrogen) atoms. The molecule has 1 atom stereocenters. The summed E-state index contributed by atoms with van der Waals surface area (Å²) in [5, 5.41) is 8.03. The Labute approximate surface area is 168 Å². The molecule has 1 aliphatic rings. The smallest absolute Gasteiger partial charge is 0.191 e. The molecule has 1 fully saturated rings. The maximum atomic E-state index is 4.40. The van der Waals surface area contributed by atoms with E-state index in [0.29, 0.717) is 5.92 Å². The molecule has 2 aromatic rings. The van der Waals surface area contributed by atoms with Crippen LogP contribution in [0, 0.1) is 12.8 Å². The molecule has 3 rings (SSSR count). The van der Waals surface area contributed by atoms with E-state index >= 15 is 0 Å². The average Bonchev–Trinajstić information content (AvgIpc) is 3.28. The summed E-state index contributed by atoms with van der Waals surface area (Å²) in [4.78, 5) is 12.5. The van der Waals surface area contributed by atoms with Crippen LogP contribution in [0.2, 0.25) is 0 Å².